The second-order valence-electron chi connectivity index (χ2n) is 9.96. The van der Waals surface area contributed by atoms with E-state index < -0.39 is 11.4 Å². The lowest BCUT2D eigenvalue weighted by Crippen LogP contribution is -2.20. The third kappa shape index (κ3) is 4.08. The van der Waals surface area contributed by atoms with E-state index >= 15 is 4.39 Å². The van der Waals surface area contributed by atoms with Crippen LogP contribution in [0.2, 0.25) is 0 Å². The summed E-state index contributed by atoms with van der Waals surface area (Å²) in [7, 11) is 1.79. The molecule has 5 aromatic rings. The standard InChI is InChI=1S/C28H26FN7O2/c1-28(7-8-28)17-10-16-6-9-36(26(38)25(16)21(29)11-17)23-5-3-4-19(20(23)15-37)22-12-24(30)34-27(33-22)32-18-13-31-35(2)14-18/h3-6,9-14,37H,7-8,15H2,1-2H3,(H3,30,32,33,34). The number of aliphatic hydroxyl groups excluding tert-OH is 1. The zero-order chi connectivity index (χ0) is 26.6. The molecule has 0 radical (unpaired) electrons. The summed E-state index contributed by atoms with van der Waals surface area (Å²) in [4.78, 5) is 22.4. The number of benzene rings is 2. The van der Waals surface area contributed by atoms with Gasteiger partial charge in [0.05, 0.1) is 35.3 Å². The lowest BCUT2D eigenvalue weighted by atomic mass is 9.95. The number of nitrogens with two attached hydrogens (primary N) is 1. The molecule has 2 aromatic carbocycles. The zero-order valence-corrected chi connectivity index (χ0v) is 20.9. The minimum Gasteiger partial charge on any atom is -0.392 e. The van der Waals surface area contributed by atoms with E-state index in [9.17, 15) is 9.90 Å². The Bertz CT molecular complexity index is 1770. The molecule has 1 fully saturated rings. The van der Waals surface area contributed by atoms with E-state index in [0.717, 1.165) is 18.4 Å². The Kier molecular flexibility index (Phi) is 5.50. The first kappa shape index (κ1) is 23.8. The maximum atomic E-state index is 15.3. The van der Waals surface area contributed by atoms with Crippen molar-refractivity contribution >= 4 is 28.2 Å². The van der Waals surface area contributed by atoms with E-state index in [1.807, 2.05) is 6.07 Å². The zero-order valence-electron chi connectivity index (χ0n) is 20.9. The number of nitrogens with zero attached hydrogens (tertiary/aromatic N) is 5. The number of aromatic nitrogens is 5. The normalized spacial score (nSPS) is 14.1. The van der Waals surface area contributed by atoms with Crippen LogP contribution in [0.25, 0.3) is 27.7 Å². The number of anilines is 3. The Morgan fingerprint density at radius 3 is 2.71 bits per heavy atom. The van der Waals surface area contributed by atoms with E-state index in [-0.39, 0.29) is 29.2 Å². The summed E-state index contributed by atoms with van der Waals surface area (Å²) >= 11 is 0. The monoisotopic (exact) mass is 511 g/mol. The van der Waals surface area contributed by atoms with E-state index in [1.165, 1.54) is 10.6 Å². The van der Waals surface area contributed by atoms with Crippen LogP contribution in [0.3, 0.4) is 0 Å². The predicted octanol–water partition coefficient (Wildman–Crippen LogP) is 4.19. The van der Waals surface area contributed by atoms with E-state index in [1.54, 1.807) is 60.7 Å². The van der Waals surface area contributed by atoms with Gasteiger partial charge in [-0.15, -0.1) is 0 Å². The first-order chi connectivity index (χ1) is 18.3. The quantitative estimate of drug-likeness (QED) is 0.312. The van der Waals surface area contributed by atoms with E-state index in [2.05, 4.69) is 27.3 Å². The van der Waals surface area contributed by atoms with Gasteiger partial charge in [-0.2, -0.15) is 10.1 Å². The van der Waals surface area contributed by atoms with Crippen molar-refractivity contribution in [3.8, 4) is 16.9 Å². The van der Waals surface area contributed by atoms with Gasteiger partial charge in [0.1, 0.15) is 11.6 Å². The first-order valence-electron chi connectivity index (χ1n) is 12.2. The molecule has 0 bridgehead atoms. The second-order valence-corrected chi connectivity index (χ2v) is 9.96. The number of halogens is 1. The number of nitrogen functional groups attached to an aromatic ring is 1. The molecule has 0 atom stereocenters. The molecule has 38 heavy (non-hydrogen) atoms. The van der Waals surface area contributed by atoms with Gasteiger partial charge < -0.3 is 16.2 Å². The molecule has 0 amide bonds. The van der Waals surface area contributed by atoms with Crippen molar-refractivity contribution in [2.75, 3.05) is 11.1 Å². The fourth-order valence-corrected chi connectivity index (χ4v) is 4.82. The van der Waals surface area contributed by atoms with Crippen molar-refractivity contribution in [3.63, 3.8) is 0 Å². The smallest absolute Gasteiger partial charge is 0.265 e. The van der Waals surface area contributed by atoms with E-state index in [0.29, 0.717) is 33.6 Å². The summed E-state index contributed by atoms with van der Waals surface area (Å²) in [6.45, 7) is 1.72. The summed E-state index contributed by atoms with van der Waals surface area (Å²) in [5, 5.41) is 18.2. The number of aryl methyl sites for hydroxylation is 1. The highest BCUT2D eigenvalue weighted by Crippen LogP contribution is 2.48. The van der Waals surface area contributed by atoms with Crippen molar-refractivity contribution in [2.24, 2.45) is 7.05 Å². The molecule has 0 spiro atoms. The molecule has 192 valence electrons. The molecule has 3 aromatic heterocycles. The Morgan fingerprint density at radius 2 is 2.00 bits per heavy atom. The topological polar surface area (TPSA) is 124 Å². The molecular formula is C28H26FN7O2. The highest BCUT2D eigenvalue weighted by molar-refractivity contribution is 5.84. The number of nitrogens with one attached hydrogen (secondary N) is 1. The highest BCUT2D eigenvalue weighted by Gasteiger charge is 2.39. The third-order valence-electron chi connectivity index (χ3n) is 7.21. The third-order valence-corrected chi connectivity index (χ3v) is 7.21. The van der Waals surface area contributed by atoms with Gasteiger partial charge in [-0.3, -0.25) is 14.0 Å². The van der Waals surface area contributed by atoms with E-state index in [4.69, 9.17) is 5.73 Å². The Morgan fingerprint density at radius 1 is 1.18 bits per heavy atom. The van der Waals surface area contributed by atoms with Gasteiger partial charge in [-0.1, -0.05) is 25.1 Å². The number of hydrogen-bond acceptors (Lipinski definition) is 7. The van der Waals surface area contributed by atoms with Crippen LogP contribution in [0, 0.1) is 5.82 Å². The van der Waals surface area contributed by atoms with Gasteiger partial charge in [0.25, 0.3) is 5.56 Å². The van der Waals surface area contributed by atoms with Crippen LogP contribution in [0.4, 0.5) is 21.8 Å². The van der Waals surface area contributed by atoms with Crippen LogP contribution in [-0.4, -0.2) is 29.4 Å². The van der Waals surface area contributed by atoms with Crippen LogP contribution < -0.4 is 16.6 Å². The molecule has 4 N–H and O–H groups in total. The molecule has 9 nitrogen and oxygen atoms in total. The average Bonchev–Trinajstić information content (AvgIpc) is 3.52. The number of pyridine rings is 1. The summed E-state index contributed by atoms with van der Waals surface area (Å²) in [5.41, 5.74) is 9.04. The van der Waals surface area contributed by atoms with Crippen LogP contribution in [-0.2, 0) is 19.1 Å². The van der Waals surface area contributed by atoms with Crippen LogP contribution >= 0.6 is 0 Å². The summed E-state index contributed by atoms with van der Waals surface area (Å²) in [6.07, 6.45) is 7.03. The molecule has 1 saturated carbocycles. The Labute approximate surface area is 217 Å². The van der Waals surface area contributed by atoms with Gasteiger partial charge in [0.15, 0.2) is 0 Å². The van der Waals surface area contributed by atoms with Gasteiger partial charge in [-0.05, 0) is 47.4 Å². The maximum absolute atomic E-state index is 15.3. The van der Waals surface area contributed by atoms with Gasteiger partial charge in [-0.25, -0.2) is 9.37 Å². The number of rotatable bonds is 6. The van der Waals surface area contributed by atoms with Gasteiger partial charge >= 0.3 is 0 Å². The van der Waals surface area contributed by atoms with Crippen molar-refractivity contribution < 1.29 is 9.50 Å². The largest absolute Gasteiger partial charge is 0.392 e. The molecule has 6 rings (SSSR count). The van der Waals surface area contributed by atoms with Crippen molar-refractivity contribution in [1.82, 2.24) is 24.3 Å². The first-order valence-corrected chi connectivity index (χ1v) is 12.2. The van der Waals surface area contributed by atoms with Crippen LogP contribution in [0.1, 0.15) is 30.9 Å². The van der Waals surface area contributed by atoms with Gasteiger partial charge in [0, 0.05) is 36.6 Å². The minimum atomic E-state index is -0.540. The summed E-state index contributed by atoms with van der Waals surface area (Å²) < 4.78 is 18.2. The fourth-order valence-electron chi connectivity index (χ4n) is 4.82. The van der Waals surface area contributed by atoms with Crippen molar-refractivity contribution in [1.29, 1.82) is 0 Å². The molecule has 3 heterocycles. The lowest BCUT2D eigenvalue weighted by molar-refractivity contribution is 0.282. The maximum Gasteiger partial charge on any atom is 0.265 e. The molecular weight excluding hydrogens is 485 g/mol. The van der Waals surface area contributed by atoms with Gasteiger partial charge in [0.2, 0.25) is 5.95 Å². The Balaban J connectivity index is 1.46. The SMILES string of the molecule is Cn1cc(Nc2nc(N)cc(-c3cccc(-n4ccc5cc(C6(C)CC6)cc(F)c5c4=O)c3CO)n2)cn1. The molecule has 0 saturated heterocycles. The molecule has 1 aliphatic carbocycles. The predicted molar refractivity (Wildman–Crippen MR) is 144 cm³/mol. The number of aliphatic hydroxyl groups is 1. The number of hydrogen-bond donors (Lipinski definition) is 3. The van der Waals surface area contributed by atoms with Crippen LogP contribution in [0.15, 0.2) is 65.8 Å². The van der Waals surface area contributed by atoms with Crippen molar-refractivity contribution in [3.05, 3.63) is 88.4 Å². The Hall–Kier alpha value is -4.57. The summed E-state index contributed by atoms with van der Waals surface area (Å²) in [5.74, 6) is -0.0606. The lowest BCUT2D eigenvalue weighted by Gasteiger charge is -2.17. The number of fused-ring (bicyclic) bond motifs is 1. The fraction of sp³-hybridized carbons (Fsp3) is 0.214. The molecule has 0 aliphatic heterocycles. The average molecular weight is 512 g/mol. The summed E-state index contributed by atoms with van der Waals surface area (Å²) in [6, 6.07) is 11.9. The van der Waals surface area contributed by atoms with Crippen molar-refractivity contribution in [2.45, 2.75) is 31.8 Å². The highest BCUT2D eigenvalue weighted by atomic mass is 19.1. The molecule has 0 unspecified atom stereocenters. The molecule has 10 heteroatoms. The van der Waals surface area contributed by atoms with Crippen LogP contribution in [0.5, 0.6) is 0 Å². The minimum absolute atomic E-state index is 0.0176. The molecule has 1 aliphatic rings. The second kappa shape index (κ2) is 8.77.